The second kappa shape index (κ2) is 8.24. The van der Waals surface area contributed by atoms with Gasteiger partial charge < -0.3 is 10.1 Å². The summed E-state index contributed by atoms with van der Waals surface area (Å²) in [5, 5.41) is 5.35. The van der Waals surface area contributed by atoms with E-state index in [2.05, 4.69) is 15.6 Å². The molecule has 0 radical (unpaired) electrons. The smallest absolute Gasteiger partial charge is 0.255 e. The third kappa shape index (κ3) is 4.40. The molecule has 1 aromatic heterocycles. The summed E-state index contributed by atoms with van der Waals surface area (Å²) in [6.45, 7) is 0.128. The number of nitrogens with zero attached hydrogens (tertiary/aromatic N) is 1. The van der Waals surface area contributed by atoms with Gasteiger partial charge in [0.15, 0.2) is 0 Å². The SMILES string of the molecule is CNC(=O)c1cc(-c2cc([C@@H]3COC[C@@H](C(F)F)N3)cc(Cl)n2)ccc1F. The van der Waals surface area contributed by atoms with E-state index in [1.165, 1.54) is 19.2 Å². The van der Waals surface area contributed by atoms with Crippen LogP contribution in [-0.2, 0) is 4.74 Å². The minimum Gasteiger partial charge on any atom is -0.378 e. The zero-order valence-corrected chi connectivity index (χ0v) is 15.1. The van der Waals surface area contributed by atoms with Crippen molar-refractivity contribution in [1.82, 2.24) is 15.6 Å². The van der Waals surface area contributed by atoms with Crippen LogP contribution in [0.15, 0.2) is 30.3 Å². The van der Waals surface area contributed by atoms with Gasteiger partial charge in [0, 0.05) is 12.6 Å². The van der Waals surface area contributed by atoms with Crippen LogP contribution in [0.3, 0.4) is 0 Å². The largest absolute Gasteiger partial charge is 0.378 e. The highest BCUT2D eigenvalue weighted by Crippen LogP contribution is 2.28. The predicted molar refractivity (Wildman–Crippen MR) is 94.5 cm³/mol. The van der Waals surface area contributed by atoms with Crippen LogP contribution >= 0.6 is 11.6 Å². The normalized spacial score (nSPS) is 19.9. The minimum atomic E-state index is -2.56. The van der Waals surface area contributed by atoms with Gasteiger partial charge in [-0.05, 0) is 35.9 Å². The van der Waals surface area contributed by atoms with Gasteiger partial charge in [-0.2, -0.15) is 0 Å². The molecule has 2 N–H and O–H groups in total. The molecule has 0 unspecified atom stereocenters. The average molecular weight is 400 g/mol. The van der Waals surface area contributed by atoms with Crippen LogP contribution in [-0.4, -0.2) is 43.6 Å². The number of halogens is 4. The molecule has 1 aliphatic rings. The Kier molecular flexibility index (Phi) is 5.98. The quantitative estimate of drug-likeness (QED) is 0.775. The Hall–Kier alpha value is -2.16. The molecule has 1 fully saturated rings. The molecule has 0 spiro atoms. The van der Waals surface area contributed by atoms with Gasteiger partial charge in [-0.15, -0.1) is 0 Å². The molecule has 9 heteroatoms. The number of hydrogen-bond donors (Lipinski definition) is 2. The zero-order chi connectivity index (χ0) is 19.6. The van der Waals surface area contributed by atoms with Gasteiger partial charge in [0.05, 0.1) is 36.6 Å². The molecule has 0 aliphatic carbocycles. The van der Waals surface area contributed by atoms with E-state index in [9.17, 15) is 18.0 Å². The van der Waals surface area contributed by atoms with Crippen molar-refractivity contribution in [2.45, 2.75) is 18.5 Å². The summed E-state index contributed by atoms with van der Waals surface area (Å²) in [5.74, 6) is -1.24. The number of nitrogens with one attached hydrogen (secondary N) is 2. The number of ether oxygens (including phenoxy) is 1. The molecular weight excluding hydrogens is 383 g/mol. The summed E-state index contributed by atoms with van der Waals surface area (Å²) >= 11 is 6.10. The lowest BCUT2D eigenvalue weighted by atomic mass is 10.0. The van der Waals surface area contributed by atoms with Gasteiger partial charge in [0.25, 0.3) is 12.3 Å². The molecule has 2 atom stereocenters. The lowest BCUT2D eigenvalue weighted by molar-refractivity contribution is -0.0176. The number of amides is 1. The minimum absolute atomic E-state index is 0.0761. The molecule has 3 rings (SSSR count). The number of carbonyl (C=O) groups excluding carboxylic acids is 1. The van der Waals surface area contributed by atoms with Crippen molar-refractivity contribution in [2.75, 3.05) is 20.3 Å². The highest BCUT2D eigenvalue weighted by Gasteiger charge is 2.29. The van der Waals surface area contributed by atoms with Gasteiger partial charge in [-0.1, -0.05) is 11.6 Å². The van der Waals surface area contributed by atoms with Crippen molar-refractivity contribution in [3.05, 3.63) is 52.4 Å². The van der Waals surface area contributed by atoms with E-state index in [0.29, 0.717) is 16.8 Å². The first kappa shape index (κ1) is 19.6. The van der Waals surface area contributed by atoms with Crippen LogP contribution in [0.1, 0.15) is 22.0 Å². The van der Waals surface area contributed by atoms with Crippen LogP contribution in [0, 0.1) is 5.82 Å². The number of pyridine rings is 1. The monoisotopic (exact) mass is 399 g/mol. The first-order valence-electron chi connectivity index (χ1n) is 8.20. The summed E-state index contributed by atoms with van der Waals surface area (Å²) < 4.78 is 45.1. The van der Waals surface area contributed by atoms with Crippen molar-refractivity contribution in [3.63, 3.8) is 0 Å². The Morgan fingerprint density at radius 3 is 2.81 bits per heavy atom. The van der Waals surface area contributed by atoms with Crippen molar-refractivity contribution < 1.29 is 22.7 Å². The Labute approximate surface area is 158 Å². The number of aromatic nitrogens is 1. The standard InChI is InChI=1S/C18H17ClF3N3O2/c1-23-18(26)11-4-9(2-3-12(11)20)13-5-10(6-16(19)25-13)14-7-27-8-15(24-14)17(21)22/h2-6,14-15,17,24H,7-8H2,1H3,(H,23,26)/t14-,15-/m0/s1. The van der Waals surface area contributed by atoms with Gasteiger partial charge in [-0.3, -0.25) is 10.1 Å². The number of alkyl halides is 2. The summed E-state index contributed by atoms with van der Waals surface area (Å²) in [6, 6.07) is 5.64. The van der Waals surface area contributed by atoms with Gasteiger partial charge in [-0.25, -0.2) is 18.2 Å². The van der Waals surface area contributed by atoms with Crippen LogP contribution in [0.2, 0.25) is 5.15 Å². The average Bonchev–Trinajstić information content (AvgIpc) is 2.67. The van der Waals surface area contributed by atoms with Crippen molar-refractivity contribution in [2.24, 2.45) is 0 Å². The molecule has 1 saturated heterocycles. The maximum Gasteiger partial charge on any atom is 0.255 e. The highest BCUT2D eigenvalue weighted by molar-refractivity contribution is 6.29. The van der Waals surface area contributed by atoms with Crippen molar-refractivity contribution in [3.8, 4) is 11.3 Å². The van der Waals surface area contributed by atoms with Gasteiger partial charge >= 0.3 is 0 Å². The molecule has 0 saturated carbocycles. The fourth-order valence-electron chi connectivity index (χ4n) is 2.86. The maximum absolute atomic E-state index is 13.9. The topological polar surface area (TPSA) is 63.2 Å². The van der Waals surface area contributed by atoms with E-state index < -0.39 is 30.2 Å². The first-order valence-corrected chi connectivity index (χ1v) is 8.58. The van der Waals surface area contributed by atoms with E-state index >= 15 is 0 Å². The van der Waals surface area contributed by atoms with E-state index in [1.54, 1.807) is 12.1 Å². The molecule has 2 aromatic rings. The van der Waals surface area contributed by atoms with Gasteiger partial charge in [0.1, 0.15) is 11.0 Å². The predicted octanol–water partition coefficient (Wildman–Crippen LogP) is 3.20. The number of benzene rings is 1. The highest BCUT2D eigenvalue weighted by atomic mass is 35.5. The molecule has 2 heterocycles. The number of rotatable bonds is 4. The third-order valence-corrected chi connectivity index (χ3v) is 4.45. The molecule has 5 nitrogen and oxygen atoms in total. The number of morpholine rings is 1. The molecule has 1 aromatic carbocycles. The Morgan fingerprint density at radius 1 is 1.33 bits per heavy atom. The first-order chi connectivity index (χ1) is 12.9. The summed E-state index contributed by atoms with van der Waals surface area (Å²) in [7, 11) is 1.40. The maximum atomic E-state index is 13.9. The summed E-state index contributed by atoms with van der Waals surface area (Å²) in [6.07, 6.45) is -2.56. The molecular formula is C18H17ClF3N3O2. The summed E-state index contributed by atoms with van der Waals surface area (Å²) in [4.78, 5) is 16.0. The fourth-order valence-corrected chi connectivity index (χ4v) is 3.08. The molecule has 144 valence electrons. The molecule has 0 bridgehead atoms. The van der Waals surface area contributed by atoms with Crippen LogP contribution in [0.5, 0.6) is 0 Å². The lowest BCUT2D eigenvalue weighted by Crippen LogP contribution is -2.47. The molecule has 1 aliphatic heterocycles. The fraction of sp³-hybridized carbons (Fsp3) is 0.333. The molecule has 27 heavy (non-hydrogen) atoms. The van der Waals surface area contributed by atoms with E-state index in [0.717, 1.165) is 6.07 Å². The Balaban J connectivity index is 1.95. The van der Waals surface area contributed by atoms with Gasteiger partial charge in [0.2, 0.25) is 0 Å². The Bertz CT molecular complexity index is 851. The zero-order valence-electron chi connectivity index (χ0n) is 14.3. The number of hydrogen-bond acceptors (Lipinski definition) is 4. The van der Waals surface area contributed by atoms with E-state index in [4.69, 9.17) is 16.3 Å². The second-order valence-corrected chi connectivity index (χ2v) is 6.47. The van der Waals surface area contributed by atoms with Crippen LogP contribution < -0.4 is 10.6 Å². The van der Waals surface area contributed by atoms with Crippen molar-refractivity contribution in [1.29, 1.82) is 0 Å². The van der Waals surface area contributed by atoms with E-state index in [1.807, 2.05) is 0 Å². The van der Waals surface area contributed by atoms with Crippen LogP contribution in [0.4, 0.5) is 13.2 Å². The third-order valence-electron chi connectivity index (χ3n) is 4.25. The molecule has 1 amide bonds. The lowest BCUT2D eigenvalue weighted by Gasteiger charge is -2.31. The summed E-state index contributed by atoms with van der Waals surface area (Å²) in [5.41, 5.74) is 1.35. The van der Waals surface area contributed by atoms with E-state index in [-0.39, 0.29) is 23.9 Å². The van der Waals surface area contributed by atoms with Crippen LogP contribution in [0.25, 0.3) is 11.3 Å². The Morgan fingerprint density at radius 2 is 2.11 bits per heavy atom. The second-order valence-electron chi connectivity index (χ2n) is 6.08. The van der Waals surface area contributed by atoms with Crippen molar-refractivity contribution >= 4 is 17.5 Å². The number of carbonyl (C=O) groups is 1.